The summed E-state index contributed by atoms with van der Waals surface area (Å²) < 4.78 is 0. The van der Waals surface area contributed by atoms with Gasteiger partial charge >= 0.3 is 6.03 Å². The first-order chi connectivity index (χ1) is 9.74. The predicted octanol–water partition coefficient (Wildman–Crippen LogP) is 2.24. The van der Waals surface area contributed by atoms with Crippen LogP contribution >= 0.6 is 0 Å². The number of nitrogens with zero attached hydrogens (tertiary/aromatic N) is 2. The summed E-state index contributed by atoms with van der Waals surface area (Å²) in [6.07, 6.45) is 2.30. The van der Waals surface area contributed by atoms with Crippen LogP contribution in [0.15, 0.2) is 30.3 Å². The Hall–Kier alpha value is -1.55. The summed E-state index contributed by atoms with van der Waals surface area (Å²) in [6, 6.07) is 11.6. The zero-order chi connectivity index (χ0) is 13.9. The number of urea groups is 1. The minimum absolute atomic E-state index is 0.125. The Kier molecular flexibility index (Phi) is 3.92. The fraction of sp³-hybridized carbons (Fsp3) is 0.562. The van der Waals surface area contributed by atoms with Gasteiger partial charge in [0.15, 0.2) is 0 Å². The molecule has 1 N–H and O–H groups in total. The lowest BCUT2D eigenvalue weighted by atomic mass is 10.1. The number of piperazine rings is 1. The molecule has 4 heteroatoms. The molecule has 1 heterocycles. The minimum Gasteiger partial charge on any atom is -0.335 e. The highest BCUT2D eigenvalue weighted by Gasteiger charge is 2.28. The molecule has 1 unspecified atom stereocenters. The van der Waals surface area contributed by atoms with E-state index in [9.17, 15) is 4.79 Å². The molecule has 1 aliphatic heterocycles. The number of hydrogen-bond donors (Lipinski definition) is 1. The molecule has 1 aromatic carbocycles. The molecule has 0 radical (unpaired) electrons. The van der Waals surface area contributed by atoms with Gasteiger partial charge < -0.3 is 10.2 Å². The van der Waals surface area contributed by atoms with E-state index >= 15 is 0 Å². The third-order valence-corrected chi connectivity index (χ3v) is 4.34. The highest BCUT2D eigenvalue weighted by molar-refractivity contribution is 5.75. The molecule has 108 valence electrons. The third kappa shape index (κ3) is 3.12. The van der Waals surface area contributed by atoms with Gasteiger partial charge in [-0.1, -0.05) is 30.3 Å². The Balaban J connectivity index is 1.51. The highest BCUT2D eigenvalue weighted by Crippen LogP contribution is 2.22. The van der Waals surface area contributed by atoms with E-state index in [1.807, 2.05) is 4.90 Å². The zero-order valence-corrected chi connectivity index (χ0v) is 12.1. The molecule has 1 saturated heterocycles. The van der Waals surface area contributed by atoms with Crippen LogP contribution in [0.3, 0.4) is 0 Å². The molecule has 4 nitrogen and oxygen atoms in total. The van der Waals surface area contributed by atoms with Gasteiger partial charge in [-0.3, -0.25) is 4.90 Å². The van der Waals surface area contributed by atoms with Crippen molar-refractivity contribution >= 4 is 6.03 Å². The largest absolute Gasteiger partial charge is 0.335 e. The second-order valence-electron chi connectivity index (χ2n) is 5.83. The molecular formula is C16H23N3O. The monoisotopic (exact) mass is 273 g/mol. The van der Waals surface area contributed by atoms with E-state index in [1.54, 1.807) is 0 Å². The maximum Gasteiger partial charge on any atom is 0.317 e. The van der Waals surface area contributed by atoms with E-state index in [0.29, 0.717) is 12.1 Å². The average molecular weight is 273 g/mol. The van der Waals surface area contributed by atoms with Crippen LogP contribution in [0.5, 0.6) is 0 Å². The van der Waals surface area contributed by atoms with Gasteiger partial charge in [-0.05, 0) is 25.3 Å². The van der Waals surface area contributed by atoms with Crippen LogP contribution in [-0.2, 0) is 0 Å². The average Bonchev–Trinajstić information content (AvgIpc) is 3.31. The quantitative estimate of drug-likeness (QED) is 0.916. The number of carbonyl (C=O) groups excluding carboxylic acids is 1. The van der Waals surface area contributed by atoms with Crippen molar-refractivity contribution in [3.8, 4) is 0 Å². The number of carbonyl (C=O) groups is 1. The molecule has 0 bridgehead atoms. The van der Waals surface area contributed by atoms with Gasteiger partial charge in [0.05, 0.1) is 0 Å². The second-order valence-corrected chi connectivity index (χ2v) is 5.83. The maximum atomic E-state index is 12.0. The number of amides is 2. The zero-order valence-electron chi connectivity index (χ0n) is 12.1. The van der Waals surface area contributed by atoms with Crippen molar-refractivity contribution in [3.05, 3.63) is 35.9 Å². The van der Waals surface area contributed by atoms with Crippen LogP contribution in [0, 0.1) is 0 Å². The Morgan fingerprint density at radius 2 is 1.80 bits per heavy atom. The summed E-state index contributed by atoms with van der Waals surface area (Å²) in [7, 11) is 0. The van der Waals surface area contributed by atoms with E-state index in [1.165, 1.54) is 5.56 Å². The van der Waals surface area contributed by atoms with Crippen LogP contribution in [0.2, 0.25) is 0 Å². The van der Waals surface area contributed by atoms with Crippen molar-refractivity contribution < 1.29 is 4.79 Å². The third-order valence-electron chi connectivity index (χ3n) is 4.34. The molecule has 2 aliphatic rings. The van der Waals surface area contributed by atoms with E-state index in [-0.39, 0.29) is 6.03 Å². The summed E-state index contributed by atoms with van der Waals surface area (Å²) in [6.45, 7) is 5.81. The number of nitrogens with one attached hydrogen (secondary N) is 1. The number of rotatable bonds is 3. The molecular weight excluding hydrogens is 250 g/mol. The van der Waals surface area contributed by atoms with Crippen molar-refractivity contribution in [2.75, 3.05) is 26.2 Å². The lowest BCUT2D eigenvalue weighted by Crippen LogP contribution is -2.52. The van der Waals surface area contributed by atoms with Crippen LogP contribution in [0.25, 0.3) is 0 Å². The first-order valence-electron chi connectivity index (χ1n) is 7.58. The molecule has 1 aliphatic carbocycles. The normalized spacial score (nSPS) is 21.6. The van der Waals surface area contributed by atoms with Gasteiger partial charge in [0, 0.05) is 38.3 Å². The Morgan fingerprint density at radius 1 is 1.15 bits per heavy atom. The van der Waals surface area contributed by atoms with Gasteiger partial charge in [-0.2, -0.15) is 0 Å². The van der Waals surface area contributed by atoms with Gasteiger partial charge in [0.2, 0.25) is 0 Å². The molecule has 1 aromatic rings. The molecule has 1 saturated carbocycles. The van der Waals surface area contributed by atoms with Crippen molar-refractivity contribution in [2.45, 2.75) is 31.8 Å². The first kappa shape index (κ1) is 13.4. The topological polar surface area (TPSA) is 35.6 Å². The van der Waals surface area contributed by atoms with Crippen LogP contribution in [-0.4, -0.2) is 48.1 Å². The second kappa shape index (κ2) is 5.83. The Bertz CT molecular complexity index is 450. The van der Waals surface area contributed by atoms with Gasteiger partial charge in [-0.25, -0.2) is 4.79 Å². The molecule has 1 atom stereocenters. The summed E-state index contributed by atoms with van der Waals surface area (Å²) in [5.41, 5.74) is 1.35. The fourth-order valence-electron chi connectivity index (χ4n) is 2.75. The Morgan fingerprint density at radius 3 is 2.40 bits per heavy atom. The summed E-state index contributed by atoms with van der Waals surface area (Å²) in [4.78, 5) is 16.4. The SMILES string of the molecule is CC(c1ccccc1)N1CCN(C(=O)NC2CC2)CC1. The van der Waals surface area contributed by atoms with Crippen molar-refractivity contribution in [1.82, 2.24) is 15.1 Å². The summed E-state index contributed by atoms with van der Waals surface area (Å²) in [5, 5.41) is 3.07. The lowest BCUT2D eigenvalue weighted by molar-refractivity contribution is 0.114. The maximum absolute atomic E-state index is 12.0. The molecule has 2 fully saturated rings. The standard InChI is InChI=1S/C16H23N3O/c1-13(14-5-3-2-4-6-14)18-9-11-19(12-10-18)16(20)17-15-7-8-15/h2-6,13,15H,7-12H2,1H3,(H,17,20). The minimum atomic E-state index is 0.125. The van der Waals surface area contributed by atoms with E-state index < -0.39 is 0 Å². The molecule has 0 aromatic heterocycles. The predicted molar refractivity (Wildman–Crippen MR) is 79.6 cm³/mol. The first-order valence-corrected chi connectivity index (χ1v) is 7.58. The lowest BCUT2D eigenvalue weighted by Gasteiger charge is -2.38. The summed E-state index contributed by atoms with van der Waals surface area (Å²) in [5.74, 6) is 0. The van der Waals surface area contributed by atoms with Gasteiger partial charge in [0.25, 0.3) is 0 Å². The molecule has 3 rings (SSSR count). The van der Waals surface area contributed by atoms with E-state index in [2.05, 4.69) is 47.5 Å². The smallest absolute Gasteiger partial charge is 0.317 e. The molecule has 0 spiro atoms. The van der Waals surface area contributed by atoms with Crippen LogP contribution < -0.4 is 5.32 Å². The highest BCUT2D eigenvalue weighted by atomic mass is 16.2. The number of hydrogen-bond acceptors (Lipinski definition) is 2. The molecule has 2 amide bonds. The van der Waals surface area contributed by atoms with Crippen molar-refractivity contribution in [3.63, 3.8) is 0 Å². The van der Waals surface area contributed by atoms with Crippen molar-refractivity contribution in [1.29, 1.82) is 0 Å². The van der Waals surface area contributed by atoms with Gasteiger partial charge in [-0.15, -0.1) is 0 Å². The van der Waals surface area contributed by atoms with E-state index in [0.717, 1.165) is 39.0 Å². The Labute approximate surface area is 120 Å². The van der Waals surface area contributed by atoms with Crippen LogP contribution in [0.1, 0.15) is 31.4 Å². The molecule has 20 heavy (non-hydrogen) atoms. The van der Waals surface area contributed by atoms with Crippen molar-refractivity contribution in [2.24, 2.45) is 0 Å². The number of benzene rings is 1. The summed E-state index contributed by atoms with van der Waals surface area (Å²) >= 11 is 0. The van der Waals surface area contributed by atoms with Gasteiger partial charge in [0.1, 0.15) is 0 Å². The van der Waals surface area contributed by atoms with E-state index in [4.69, 9.17) is 0 Å². The fourth-order valence-corrected chi connectivity index (χ4v) is 2.75. The van der Waals surface area contributed by atoms with Crippen LogP contribution in [0.4, 0.5) is 4.79 Å².